The van der Waals surface area contributed by atoms with E-state index in [2.05, 4.69) is 20.8 Å². The largest absolute Gasteiger partial charge is 0.393 e. The maximum Gasteiger partial charge on any atom is 0.0570 e. The van der Waals surface area contributed by atoms with Gasteiger partial charge in [-0.2, -0.15) is 0 Å². The van der Waals surface area contributed by atoms with E-state index in [0.29, 0.717) is 11.8 Å². The van der Waals surface area contributed by atoms with Gasteiger partial charge in [0.15, 0.2) is 0 Å². The van der Waals surface area contributed by atoms with E-state index in [1.54, 1.807) is 0 Å². The molecule has 0 aliphatic heterocycles. The van der Waals surface area contributed by atoms with E-state index >= 15 is 0 Å². The molecule has 1 heteroatoms. The van der Waals surface area contributed by atoms with Crippen molar-refractivity contribution in [3.8, 4) is 0 Å². The van der Waals surface area contributed by atoms with Crippen LogP contribution >= 0.6 is 0 Å². The number of aliphatic hydroxyl groups is 1. The van der Waals surface area contributed by atoms with Crippen LogP contribution < -0.4 is 0 Å². The normalized spacial score (nSPS) is 29.8. The quantitative estimate of drug-likeness (QED) is 0.720. The summed E-state index contributed by atoms with van der Waals surface area (Å²) in [5, 5.41) is 9.54. The Hall–Kier alpha value is -0.0400. The average molecular weight is 254 g/mol. The molecule has 2 rings (SSSR count). The lowest BCUT2D eigenvalue weighted by atomic mass is 9.79. The lowest BCUT2D eigenvalue weighted by Gasteiger charge is -2.30. The molecule has 0 aromatic rings. The Morgan fingerprint density at radius 3 is 1.83 bits per heavy atom. The SMILES string of the molecule is CC(C)C1CCCCC1O.CCC1CCCCC1. The molecule has 2 saturated carbocycles. The predicted octanol–water partition coefficient (Wildman–Crippen LogP) is 5.17. The van der Waals surface area contributed by atoms with Crippen molar-refractivity contribution in [2.45, 2.75) is 91.1 Å². The van der Waals surface area contributed by atoms with Crippen LogP contribution in [0.3, 0.4) is 0 Å². The standard InChI is InChI=1S/C9H18O.C8H16/c1-7(2)8-5-3-4-6-9(8)10;1-2-8-6-4-3-5-7-8/h7-10H,3-6H2,1-2H3;8H,2-7H2,1H3. The molecular formula is C17H34O. The fraction of sp³-hybridized carbons (Fsp3) is 1.00. The van der Waals surface area contributed by atoms with Crippen LogP contribution in [-0.2, 0) is 0 Å². The zero-order valence-electron chi connectivity index (χ0n) is 12.8. The van der Waals surface area contributed by atoms with E-state index in [4.69, 9.17) is 0 Å². The summed E-state index contributed by atoms with van der Waals surface area (Å²) in [6.07, 6.45) is 13.7. The van der Waals surface area contributed by atoms with Crippen molar-refractivity contribution in [3.63, 3.8) is 0 Å². The highest BCUT2D eigenvalue weighted by atomic mass is 16.3. The monoisotopic (exact) mass is 254 g/mol. The van der Waals surface area contributed by atoms with Crippen molar-refractivity contribution < 1.29 is 5.11 Å². The topological polar surface area (TPSA) is 20.2 Å². The van der Waals surface area contributed by atoms with Crippen molar-refractivity contribution >= 4 is 0 Å². The highest BCUT2D eigenvalue weighted by molar-refractivity contribution is 4.76. The number of rotatable bonds is 2. The lowest BCUT2D eigenvalue weighted by Crippen LogP contribution is -2.28. The van der Waals surface area contributed by atoms with E-state index < -0.39 is 0 Å². The van der Waals surface area contributed by atoms with E-state index in [-0.39, 0.29) is 6.10 Å². The van der Waals surface area contributed by atoms with Gasteiger partial charge in [0.05, 0.1) is 6.10 Å². The first kappa shape index (κ1) is 16.0. The molecule has 2 aliphatic carbocycles. The van der Waals surface area contributed by atoms with E-state index in [0.717, 1.165) is 12.3 Å². The van der Waals surface area contributed by atoms with Gasteiger partial charge in [-0.05, 0) is 30.6 Å². The highest BCUT2D eigenvalue weighted by Gasteiger charge is 2.25. The smallest absolute Gasteiger partial charge is 0.0570 e. The predicted molar refractivity (Wildman–Crippen MR) is 79.7 cm³/mol. The number of hydrogen-bond acceptors (Lipinski definition) is 1. The second-order valence-corrected chi connectivity index (χ2v) is 6.67. The Labute approximate surface area is 114 Å². The third kappa shape index (κ3) is 5.73. The van der Waals surface area contributed by atoms with Crippen molar-refractivity contribution in [2.24, 2.45) is 17.8 Å². The summed E-state index contributed by atoms with van der Waals surface area (Å²) in [6, 6.07) is 0. The zero-order chi connectivity index (χ0) is 13.4. The second-order valence-electron chi connectivity index (χ2n) is 6.67. The molecule has 2 aliphatic rings. The minimum Gasteiger partial charge on any atom is -0.393 e. The molecule has 1 N–H and O–H groups in total. The molecule has 0 saturated heterocycles. The first-order valence-electron chi connectivity index (χ1n) is 8.33. The van der Waals surface area contributed by atoms with Gasteiger partial charge in [-0.25, -0.2) is 0 Å². The summed E-state index contributed by atoms with van der Waals surface area (Å²) in [5.41, 5.74) is 0. The minimum atomic E-state index is -0.00579. The Balaban J connectivity index is 0.000000184. The van der Waals surface area contributed by atoms with Crippen LogP contribution in [0, 0.1) is 17.8 Å². The third-order valence-corrected chi connectivity index (χ3v) is 4.94. The van der Waals surface area contributed by atoms with Gasteiger partial charge in [0, 0.05) is 0 Å². The molecule has 2 fully saturated rings. The van der Waals surface area contributed by atoms with Gasteiger partial charge in [0.1, 0.15) is 0 Å². The Kier molecular flexibility index (Phi) is 7.97. The molecule has 0 heterocycles. The Bertz CT molecular complexity index is 194. The molecule has 0 spiro atoms. The molecule has 0 radical (unpaired) electrons. The maximum absolute atomic E-state index is 9.54. The fourth-order valence-corrected chi connectivity index (χ4v) is 3.51. The Morgan fingerprint density at radius 2 is 1.44 bits per heavy atom. The highest BCUT2D eigenvalue weighted by Crippen LogP contribution is 2.29. The number of hydrogen-bond donors (Lipinski definition) is 1. The molecule has 2 atom stereocenters. The van der Waals surface area contributed by atoms with Gasteiger partial charge < -0.3 is 5.11 Å². The molecule has 18 heavy (non-hydrogen) atoms. The minimum absolute atomic E-state index is 0.00579. The van der Waals surface area contributed by atoms with E-state index in [9.17, 15) is 5.11 Å². The second kappa shape index (κ2) is 8.96. The molecule has 0 aromatic heterocycles. The summed E-state index contributed by atoms with van der Waals surface area (Å²) in [4.78, 5) is 0. The van der Waals surface area contributed by atoms with Gasteiger partial charge in [0.25, 0.3) is 0 Å². The van der Waals surface area contributed by atoms with Gasteiger partial charge in [-0.15, -0.1) is 0 Å². The van der Waals surface area contributed by atoms with Gasteiger partial charge in [-0.3, -0.25) is 0 Å². The molecular weight excluding hydrogens is 220 g/mol. The van der Waals surface area contributed by atoms with Crippen molar-refractivity contribution in [3.05, 3.63) is 0 Å². The molecule has 108 valence electrons. The summed E-state index contributed by atoms with van der Waals surface area (Å²) in [6.45, 7) is 6.73. The first-order chi connectivity index (χ1) is 8.65. The summed E-state index contributed by atoms with van der Waals surface area (Å²) in [5.74, 6) is 2.33. The zero-order valence-corrected chi connectivity index (χ0v) is 12.8. The van der Waals surface area contributed by atoms with Gasteiger partial charge in [0.2, 0.25) is 0 Å². The van der Waals surface area contributed by atoms with Crippen molar-refractivity contribution in [1.29, 1.82) is 0 Å². The van der Waals surface area contributed by atoms with Crippen LogP contribution in [0.5, 0.6) is 0 Å². The van der Waals surface area contributed by atoms with Gasteiger partial charge in [-0.1, -0.05) is 72.1 Å². The van der Waals surface area contributed by atoms with Crippen LogP contribution in [0.2, 0.25) is 0 Å². The van der Waals surface area contributed by atoms with E-state index in [1.165, 1.54) is 57.8 Å². The van der Waals surface area contributed by atoms with Crippen LogP contribution in [0.25, 0.3) is 0 Å². The van der Waals surface area contributed by atoms with Crippen LogP contribution in [0.15, 0.2) is 0 Å². The summed E-state index contributed by atoms with van der Waals surface area (Å²) in [7, 11) is 0. The van der Waals surface area contributed by atoms with E-state index in [1.807, 2.05) is 0 Å². The average Bonchev–Trinajstić information content (AvgIpc) is 2.40. The van der Waals surface area contributed by atoms with Crippen molar-refractivity contribution in [1.82, 2.24) is 0 Å². The van der Waals surface area contributed by atoms with Crippen LogP contribution in [0.4, 0.5) is 0 Å². The van der Waals surface area contributed by atoms with Gasteiger partial charge >= 0.3 is 0 Å². The molecule has 0 amide bonds. The number of aliphatic hydroxyl groups excluding tert-OH is 1. The first-order valence-corrected chi connectivity index (χ1v) is 8.33. The molecule has 0 aromatic carbocycles. The van der Waals surface area contributed by atoms with Crippen molar-refractivity contribution in [2.75, 3.05) is 0 Å². The van der Waals surface area contributed by atoms with Crippen LogP contribution in [-0.4, -0.2) is 11.2 Å². The fourth-order valence-electron chi connectivity index (χ4n) is 3.51. The Morgan fingerprint density at radius 1 is 0.889 bits per heavy atom. The molecule has 0 bridgehead atoms. The van der Waals surface area contributed by atoms with Crippen LogP contribution in [0.1, 0.15) is 85.0 Å². The third-order valence-electron chi connectivity index (χ3n) is 4.94. The maximum atomic E-state index is 9.54. The summed E-state index contributed by atoms with van der Waals surface area (Å²) < 4.78 is 0. The summed E-state index contributed by atoms with van der Waals surface area (Å²) >= 11 is 0. The molecule has 1 nitrogen and oxygen atoms in total. The molecule has 2 unspecified atom stereocenters. The lowest BCUT2D eigenvalue weighted by molar-refractivity contribution is 0.0456.